The average molecular weight is 290 g/mol. The molecule has 21 heavy (non-hydrogen) atoms. The average Bonchev–Trinajstić information content (AvgIpc) is 2.45. The van der Waals surface area contributed by atoms with Crippen molar-refractivity contribution in [1.82, 2.24) is 5.32 Å². The highest BCUT2D eigenvalue weighted by molar-refractivity contribution is 5.95. The Bertz CT molecular complexity index is 454. The summed E-state index contributed by atoms with van der Waals surface area (Å²) in [5, 5.41) is 5.83. The van der Waals surface area contributed by atoms with Gasteiger partial charge in [-0.15, -0.1) is 0 Å². The third kappa shape index (κ3) is 6.43. The van der Waals surface area contributed by atoms with E-state index in [0.29, 0.717) is 11.3 Å². The molecule has 0 bridgehead atoms. The van der Waals surface area contributed by atoms with Crippen LogP contribution in [0.3, 0.4) is 0 Å². The number of carbonyl (C=O) groups excluding carboxylic acids is 2. The fraction of sp³-hybridized carbons (Fsp3) is 0.529. The van der Waals surface area contributed by atoms with Crippen LogP contribution in [0, 0.1) is 0 Å². The van der Waals surface area contributed by atoms with E-state index in [4.69, 9.17) is 0 Å². The largest absolute Gasteiger partial charge is 0.335 e. The van der Waals surface area contributed by atoms with Gasteiger partial charge in [0, 0.05) is 17.3 Å². The molecule has 0 aromatic heterocycles. The van der Waals surface area contributed by atoms with Crippen molar-refractivity contribution < 1.29 is 9.59 Å². The Morgan fingerprint density at radius 2 is 1.71 bits per heavy atom. The van der Waals surface area contributed by atoms with Gasteiger partial charge in [0.05, 0.1) is 0 Å². The van der Waals surface area contributed by atoms with Gasteiger partial charge >= 0.3 is 6.03 Å². The molecule has 0 fully saturated rings. The van der Waals surface area contributed by atoms with E-state index in [-0.39, 0.29) is 17.9 Å². The van der Waals surface area contributed by atoms with Gasteiger partial charge < -0.3 is 10.6 Å². The van der Waals surface area contributed by atoms with Gasteiger partial charge in [-0.3, -0.25) is 4.79 Å². The van der Waals surface area contributed by atoms with Crippen LogP contribution >= 0.6 is 0 Å². The number of unbranched alkanes of at least 4 members (excludes halogenated alkanes) is 1. The molecule has 1 unspecified atom stereocenters. The third-order valence-corrected chi connectivity index (χ3v) is 3.43. The molecule has 2 N–H and O–H groups in total. The van der Waals surface area contributed by atoms with Crippen molar-refractivity contribution in [2.45, 2.75) is 58.9 Å². The van der Waals surface area contributed by atoms with Crippen molar-refractivity contribution >= 4 is 17.5 Å². The zero-order valence-electron chi connectivity index (χ0n) is 13.2. The molecule has 0 heterocycles. The number of hydrogen-bond donors (Lipinski definition) is 2. The monoisotopic (exact) mass is 290 g/mol. The first-order chi connectivity index (χ1) is 10.1. The molecule has 1 aromatic rings. The number of benzene rings is 1. The van der Waals surface area contributed by atoms with Crippen molar-refractivity contribution in [1.29, 1.82) is 0 Å². The van der Waals surface area contributed by atoms with Crippen LogP contribution in [0.5, 0.6) is 0 Å². The van der Waals surface area contributed by atoms with Crippen LogP contribution in [0.1, 0.15) is 63.2 Å². The van der Waals surface area contributed by atoms with Gasteiger partial charge in [0.2, 0.25) is 0 Å². The van der Waals surface area contributed by atoms with E-state index in [1.54, 1.807) is 24.3 Å². The van der Waals surface area contributed by atoms with Crippen LogP contribution in [-0.4, -0.2) is 17.9 Å². The summed E-state index contributed by atoms with van der Waals surface area (Å²) >= 11 is 0. The zero-order valence-corrected chi connectivity index (χ0v) is 13.2. The van der Waals surface area contributed by atoms with Crippen LogP contribution in [0.4, 0.5) is 10.5 Å². The third-order valence-electron chi connectivity index (χ3n) is 3.43. The van der Waals surface area contributed by atoms with Gasteiger partial charge in [0.25, 0.3) is 0 Å². The lowest BCUT2D eigenvalue weighted by atomic mass is 10.1. The Labute approximate surface area is 127 Å². The number of carbonyl (C=O) groups is 2. The van der Waals surface area contributed by atoms with Gasteiger partial charge in [-0.1, -0.05) is 33.1 Å². The molecular weight excluding hydrogens is 264 g/mol. The summed E-state index contributed by atoms with van der Waals surface area (Å²) in [6.45, 7) is 5.80. The lowest BCUT2D eigenvalue weighted by Crippen LogP contribution is -2.37. The first-order valence-corrected chi connectivity index (χ1v) is 7.75. The second-order valence-electron chi connectivity index (χ2n) is 5.36. The molecule has 0 radical (unpaired) electrons. The second-order valence-corrected chi connectivity index (χ2v) is 5.36. The molecule has 1 atom stereocenters. The zero-order chi connectivity index (χ0) is 15.7. The Kier molecular flexibility index (Phi) is 7.51. The highest BCUT2D eigenvalue weighted by atomic mass is 16.2. The smallest absolute Gasteiger partial charge is 0.319 e. The molecule has 4 heteroatoms. The van der Waals surface area contributed by atoms with Crippen LogP contribution in [0.15, 0.2) is 24.3 Å². The number of urea groups is 1. The molecular formula is C17H26N2O2. The number of ketones is 1. The van der Waals surface area contributed by atoms with Crippen molar-refractivity contribution in [2.24, 2.45) is 0 Å². The molecule has 0 saturated heterocycles. The number of rotatable bonds is 8. The maximum Gasteiger partial charge on any atom is 0.319 e. The topological polar surface area (TPSA) is 58.2 Å². The summed E-state index contributed by atoms with van der Waals surface area (Å²) < 4.78 is 0. The Balaban J connectivity index is 2.52. The predicted octanol–water partition coefficient (Wildman–Crippen LogP) is 4.37. The van der Waals surface area contributed by atoms with E-state index in [9.17, 15) is 9.59 Å². The molecule has 0 spiro atoms. The van der Waals surface area contributed by atoms with E-state index in [1.165, 1.54) is 6.92 Å². The molecule has 0 aliphatic carbocycles. The molecule has 4 nitrogen and oxygen atoms in total. The first kappa shape index (κ1) is 17.2. The van der Waals surface area contributed by atoms with Gasteiger partial charge in [-0.25, -0.2) is 4.79 Å². The van der Waals surface area contributed by atoms with Gasteiger partial charge in [0.1, 0.15) is 0 Å². The minimum Gasteiger partial charge on any atom is -0.335 e. The minimum absolute atomic E-state index is 0.0218. The summed E-state index contributed by atoms with van der Waals surface area (Å²) in [5.41, 5.74) is 1.34. The number of amides is 2. The molecule has 116 valence electrons. The van der Waals surface area contributed by atoms with E-state index in [0.717, 1.165) is 32.1 Å². The van der Waals surface area contributed by atoms with Gasteiger partial charge in [-0.2, -0.15) is 0 Å². The maximum atomic E-state index is 12.0. The highest BCUT2D eigenvalue weighted by Gasteiger charge is 2.11. The number of hydrogen-bond acceptors (Lipinski definition) is 2. The lowest BCUT2D eigenvalue weighted by molar-refractivity contribution is 0.101. The quantitative estimate of drug-likeness (QED) is 0.698. The summed E-state index contributed by atoms with van der Waals surface area (Å²) in [6, 6.07) is 6.98. The molecule has 0 saturated carbocycles. The van der Waals surface area contributed by atoms with Gasteiger partial charge in [-0.05, 0) is 44.0 Å². The van der Waals surface area contributed by atoms with E-state index in [1.807, 2.05) is 0 Å². The standard InChI is InChI=1S/C17H26N2O2/c1-4-6-8-15(7-5-2)18-17(21)19-16-11-9-14(10-12-16)13(3)20/h9-12,15H,4-8H2,1-3H3,(H2,18,19,21). The summed E-state index contributed by atoms with van der Waals surface area (Å²) in [4.78, 5) is 23.2. The van der Waals surface area contributed by atoms with E-state index in [2.05, 4.69) is 24.5 Å². The molecule has 0 aliphatic heterocycles. The van der Waals surface area contributed by atoms with Gasteiger partial charge in [0.15, 0.2) is 5.78 Å². The van der Waals surface area contributed by atoms with Crippen molar-refractivity contribution in [2.75, 3.05) is 5.32 Å². The Morgan fingerprint density at radius 3 is 2.24 bits per heavy atom. The SMILES string of the molecule is CCCCC(CCC)NC(=O)Nc1ccc(C(C)=O)cc1. The molecule has 2 amide bonds. The lowest BCUT2D eigenvalue weighted by Gasteiger charge is -2.18. The number of anilines is 1. The normalized spacial score (nSPS) is 11.8. The maximum absolute atomic E-state index is 12.0. The molecule has 1 rings (SSSR count). The molecule has 1 aromatic carbocycles. The van der Waals surface area contributed by atoms with Crippen molar-refractivity contribution in [3.05, 3.63) is 29.8 Å². The molecule has 0 aliphatic rings. The summed E-state index contributed by atoms with van der Waals surface area (Å²) in [7, 11) is 0. The fourth-order valence-corrected chi connectivity index (χ4v) is 2.23. The van der Waals surface area contributed by atoms with Crippen LogP contribution in [-0.2, 0) is 0 Å². The fourth-order valence-electron chi connectivity index (χ4n) is 2.23. The highest BCUT2D eigenvalue weighted by Crippen LogP contribution is 2.11. The second kappa shape index (κ2) is 9.16. The van der Waals surface area contributed by atoms with Crippen LogP contribution < -0.4 is 10.6 Å². The predicted molar refractivity (Wildman–Crippen MR) is 86.8 cm³/mol. The Morgan fingerprint density at radius 1 is 1.05 bits per heavy atom. The Hall–Kier alpha value is -1.84. The number of nitrogens with one attached hydrogen (secondary N) is 2. The summed E-state index contributed by atoms with van der Waals surface area (Å²) in [5.74, 6) is 0.0218. The van der Waals surface area contributed by atoms with E-state index < -0.39 is 0 Å². The van der Waals surface area contributed by atoms with E-state index >= 15 is 0 Å². The first-order valence-electron chi connectivity index (χ1n) is 7.75. The minimum atomic E-state index is -0.180. The van der Waals surface area contributed by atoms with Crippen molar-refractivity contribution in [3.8, 4) is 0 Å². The van der Waals surface area contributed by atoms with Crippen molar-refractivity contribution in [3.63, 3.8) is 0 Å². The van der Waals surface area contributed by atoms with Crippen LogP contribution in [0.25, 0.3) is 0 Å². The summed E-state index contributed by atoms with van der Waals surface area (Å²) in [6.07, 6.45) is 5.33. The van der Waals surface area contributed by atoms with Crippen LogP contribution in [0.2, 0.25) is 0 Å². The number of Topliss-reactive ketones (excluding diaryl/α,β-unsaturated/α-hetero) is 1.